The Morgan fingerprint density at radius 1 is 1.07 bits per heavy atom. The maximum absolute atomic E-state index is 12.9. The number of nitrogens with one attached hydrogen (secondary N) is 1. The summed E-state index contributed by atoms with van der Waals surface area (Å²) in [6.45, 7) is 3.71. The number of hydrogen-bond acceptors (Lipinski definition) is 4. The van der Waals surface area contributed by atoms with Crippen LogP contribution in [0.15, 0.2) is 4.79 Å². The van der Waals surface area contributed by atoms with Crippen LogP contribution in [0.25, 0.3) is 0 Å². The number of aromatic amines is 1. The molecule has 0 aromatic carbocycles. The molecule has 2 aliphatic heterocycles. The highest BCUT2D eigenvalue weighted by atomic mass is 16.2. The number of likely N-dealkylation sites (tertiary alicyclic amines) is 1. The van der Waals surface area contributed by atoms with E-state index in [9.17, 15) is 14.4 Å². The first-order valence-corrected chi connectivity index (χ1v) is 11.8. The van der Waals surface area contributed by atoms with Crippen molar-refractivity contribution in [2.24, 2.45) is 5.92 Å². The molecule has 0 unspecified atom stereocenters. The van der Waals surface area contributed by atoms with Crippen molar-refractivity contribution in [2.75, 3.05) is 13.1 Å². The lowest BCUT2D eigenvalue weighted by molar-refractivity contribution is -0.134. The summed E-state index contributed by atoms with van der Waals surface area (Å²) in [5.41, 5.74) is 1.26. The molecule has 0 spiro atoms. The van der Waals surface area contributed by atoms with Gasteiger partial charge in [-0.2, -0.15) is 0 Å². The van der Waals surface area contributed by atoms with Crippen LogP contribution >= 0.6 is 0 Å². The molecule has 0 radical (unpaired) electrons. The minimum Gasteiger partial charge on any atom is -0.338 e. The van der Waals surface area contributed by atoms with E-state index in [1.165, 1.54) is 19.3 Å². The topological polar surface area (TPSA) is 86.4 Å². The molecular weight excluding hydrogens is 380 g/mol. The van der Waals surface area contributed by atoms with Crippen LogP contribution in [-0.2, 0) is 22.6 Å². The molecule has 3 heterocycles. The average Bonchev–Trinajstić information content (AvgIpc) is 3.24. The molecule has 2 amide bonds. The van der Waals surface area contributed by atoms with E-state index in [1.54, 1.807) is 0 Å². The highest BCUT2D eigenvalue weighted by Gasteiger charge is 2.33. The number of carbonyl (C=O) groups excluding carboxylic acids is 2. The van der Waals surface area contributed by atoms with E-state index in [-0.39, 0.29) is 23.4 Å². The Balaban J connectivity index is 1.46. The van der Waals surface area contributed by atoms with Crippen molar-refractivity contribution in [3.8, 4) is 0 Å². The minimum atomic E-state index is -0.153. The van der Waals surface area contributed by atoms with Crippen molar-refractivity contribution in [3.05, 3.63) is 27.4 Å². The predicted octanol–water partition coefficient (Wildman–Crippen LogP) is 3.09. The third kappa shape index (κ3) is 4.44. The van der Waals surface area contributed by atoms with Gasteiger partial charge in [0.25, 0.3) is 5.56 Å². The third-order valence-corrected chi connectivity index (χ3v) is 6.98. The first kappa shape index (κ1) is 21.1. The van der Waals surface area contributed by atoms with E-state index in [1.807, 2.05) is 16.7 Å². The fourth-order valence-electron chi connectivity index (χ4n) is 5.29. The SMILES string of the molecule is CCCC(=O)N1CCC[C@@H]1c1nc2c(c(=O)[nH]1)CN(C(=O)CC1CCCCC1)CC2. The molecule has 1 N–H and O–H groups in total. The lowest BCUT2D eigenvalue weighted by Gasteiger charge is -2.31. The van der Waals surface area contributed by atoms with Crippen LogP contribution in [0.1, 0.15) is 94.3 Å². The van der Waals surface area contributed by atoms with E-state index < -0.39 is 0 Å². The summed E-state index contributed by atoms with van der Waals surface area (Å²) >= 11 is 0. The molecule has 0 bridgehead atoms. The van der Waals surface area contributed by atoms with Gasteiger partial charge in [0.15, 0.2) is 0 Å². The van der Waals surface area contributed by atoms with Gasteiger partial charge in [0, 0.05) is 32.4 Å². The number of rotatable bonds is 5. The zero-order valence-electron chi connectivity index (χ0n) is 18.1. The number of amides is 2. The van der Waals surface area contributed by atoms with Gasteiger partial charge >= 0.3 is 0 Å². The Kier molecular flexibility index (Phi) is 6.54. The smallest absolute Gasteiger partial charge is 0.256 e. The van der Waals surface area contributed by atoms with Gasteiger partial charge in [0.05, 0.1) is 23.8 Å². The first-order chi connectivity index (χ1) is 14.6. The quantitative estimate of drug-likeness (QED) is 0.802. The predicted molar refractivity (Wildman–Crippen MR) is 114 cm³/mol. The van der Waals surface area contributed by atoms with Crippen molar-refractivity contribution in [1.29, 1.82) is 0 Å². The van der Waals surface area contributed by atoms with Gasteiger partial charge in [-0.05, 0) is 38.0 Å². The molecule has 30 heavy (non-hydrogen) atoms. The highest BCUT2D eigenvalue weighted by Crippen LogP contribution is 2.31. The van der Waals surface area contributed by atoms with Gasteiger partial charge in [-0.3, -0.25) is 14.4 Å². The second-order valence-electron chi connectivity index (χ2n) is 9.15. The molecule has 3 aliphatic rings. The molecule has 1 aromatic heterocycles. The van der Waals surface area contributed by atoms with Gasteiger partial charge in [0.1, 0.15) is 5.82 Å². The van der Waals surface area contributed by atoms with Crippen molar-refractivity contribution in [3.63, 3.8) is 0 Å². The van der Waals surface area contributed by atoms with Gasteiger partial charge in [0.2, 0.25) is 11.8 Å². The largest absolute Gasteiger partial charge is 0.338 e. The lowest BCUT2D eigenvalue weighted by atomic mass is 9.86. The first-order valence-electron chi connectivity index (χ1n) is 11.8. The van der Waals surface area contributed by atoms with Crippen LogP contribution in [0.2, 0.25) is 0 Å². The van der Waals surface area contributed by atoms with Crippen molar-refractivity contribution in [2.45, 2.75) is 90.1 Å². The summed E-state index contributed by atoms with van der Waals surface area (Å²) in [7, 11) is 0. The fourth-order valence-corrected chi connectivity index (χ4v) is 5.29. The summed E-state index contributed by atoms with van der Waals surface area (Å²) < 4.78 is 0. The molecule has 7 nitrogen and oxygen atoms in total. The second kappa shape index (κ2) is 9.31. The number of hydrogen-bond donors (Lipinski definition) is 1. The number of H-pyrrole nitrogens is 1. The Hall–Kier alpha value is -2.18. The lowest BCUT2D eigenvalue weighted by Crippen LogP contribution is -2.41. The van der Waals surface area contributed by atoms with E-state index in [2.05, 4.69) is 4.98 Å². The summed E-state index contributed by atoms with van der Waals surface area (Å²) in [5, 5.41) is 0. The van der Waals surface area contributed by atoms with Crippen LogP contribution in [0.4, 0.5) is 0 Å². The maximum atomic E-state index is 12.9. The summed E-state index contributed by atoms with van der Waals surface area (Å²) in [6.07, 6.45) is 10.4. The minimum absolute atomic E-state index is 0.131. The number of carbonyl (C=O) groups is 2. The molecule has 4 rings (SSSR count). The van der Waals surface area contributed by atoms with E-state index >= 15 is 0 Å². The Morgan fingerprint density at radius 2 is 1.87 bits per heavy atom. The second-order valence-corrected chi connectivity index (χ2v) is 9.15. The number of nitrogens with zero attached hydrogens (tertiary/aromatic N) is 3. The van der Waals surface area contributed by atoms with Gasteiger partial charge < -0.3 is 14.8 Å². The normalized spacial score (nSPS) is 22.2. The average molecular weight is 415 g/mol. The van der Waals surface area contributed by atoms with Crippen LogP contribution in [0.3, 0.4) is 0 Å². The summed E-state index contributed by atoms with van der Waals surface area (Å²) in [4.78, 5) is 49.5. The van der Waals surface area contributed by atoms with Crippen molar-refractivity contribution >= 4 is 11.8 Å². The third-order valence-electron chi connectivity index (χ3n) is 6.98. The van der Waals surface area contributed by atoms with Gasteiger partial charge in [-0.1, -0.05) is 26.2 Å². The molecule has 1 atom stereocenters. The Morgan fingerprint density at radius 3 is 2.63 bits per heavy atom. The zero-order chi connectivity index (χ0) is 21.1. The molecule has 2 fully saturated rings. The monoisotopic (exact) mass is 414 g/mol. The molecular formula is C23H34N4O3. The maximum Gasteiger partial charge on any atom is 0.256 e. The summed E-state index contributed by atoms with van der Waals surface area (Å²) in [5.74, 6) is 1.42. The molecule has 1 saturated carbocycles. The Bertz CT molecular complexity index is 843. The molecule has 1 saturated heterocycles. The van der Waals surface area contributed by atoms with E-state index in [4.69, 9.17) is 4.98 Å². The highest BCUT2D eigenvalue weighted by molar-refractivity contribution is 5.77. The van der Waals surface area contributed by atoms with Crippen LogP contribution in [0.5, 0.6) is 0 Å². The van der Waals surface area contributed by atoms with Crippen molar-refractivity contribution < 1.29 is 9.59 Å². The van der Waals surface area contributed by atoms with Gasteiger partial charge in [-0.15, -0.1) is 0 Å². The van der Waals surface area contributed by atoms with Gasteiger partial charge in [-0.25, -0.2) is 4.98 Å². The molecule has 7 heteroatoms. The van der Waals surface area contributed by atoms with E-state index in [0.717, 1.165) is 44.3 Å². The standard InChI is InChI=1S/C23H34N4O3/c1-2-7-20(28)27-12-6-10-19(27)22-24-18-11-13-26(15-17(18)23(30)25-22)21(29)14-16-8-4-3-5-9-16/h16,19H,2-15H2,1H3,(H,24,25,30)/t19-/m1/s1. The molecule has 1 aromatic rings. The molecule has 1 aliphatic carbocycles. The zero-order valence-corrected chi connectivity index (χ0v) is 18.1. The van der Waals surface area contributed by atoms with Crippen LogP contribution in [0, 0.1) is 5.92 Å². The number of aromatic nitrogens is 2. The number of fused-ring (bicyclic) bond motifs is 1. The van der Waals surface area contributed by atoms with Crippen LogP contribution < -0.4 is 5.56 Å². The van der Waals surface area contributed by atoms with Crippen LogP contribution in [-0.4, -0.2) is 44.7 Å². The molecule has 164 valence electrons. The Labute approximate surface area is 178 Å². The summed E-state index contributed by atoms with van der Waals surface area (Å²) in [6, 6.07) is -0.131. The van der Waals surface area contributed by atoms with E-state index in [0.29, 0.717) is 49.7 Å². The van der Waals surface area contributed by atoms with Crippen molar-refractivity contribution in [1.82, 2.24) is 19.8 Å². The fraction of sp³-hybridized carbons (Fsp3) is 0.739.